The molecule has 0 aliphatic heterocycles. The molecule has 9 heteroatoms. The van der Waals surface area contributed by atoms with Crippen molar-refractivity contribution in [3.63, 3.8) is 0 Å². The summed E-state index contributed by atoms with van der Waals surface area (Å²) < 4.78 is 0. The van der Waals surface area contributed by atoms with Gasteiger partial charge in [0.25, 0.3) is 5.91 Å². The van der Waals surface area contributed by atoms with Crippen molar-refractivity contribution >= 4 is 34.4 Å². The van der Waals surface area contributed by atoms with Gasteiger partial charge in [-0.15, -0.1) is 0 Å². The lowest BCUT2D eigenvalue weighted by Gasteiger charge is -2.59. The molecule has 4 atom stereocenters. The summed E-state index contributed by atoms with van der Waals surface area (Å²) in [6.45, 7) is 0. The number of benzene rings is 2. The van der Waals surface area contributed by atoms with E-state index in [1.165, 1.54) is 0 Å². The van der Waals surface area contributed by atoms with Crippen molar-refractivity contribution in [2.24, 2.45) is 17.3 Å². The number of anilines is 2. The minimum atomic E-state index is -0.729. The van der Waals surface area contributed by atoms with Gasteiger partial charge in [-0.3, -0.25) is 9.59 Å². The van der Waals surface area contributed by atoms with Crippen LogP contribution in [0.4, 0.5) is 11.5 Å². The summed E-state index contributed by atoms with van der Waals surface area (Å²) in [5.41, 5.74) is 1.49. The Morgan fingerprint density at radius 3 is 2.51 bits per heavy atom. The first-order chi connectivity index (χ1) is 18.8. The van der Waals surface area contributed by atoms with Crippen molar-refractivity contribution < 1.29 is 19.8 Å². The number of amides is 2. The normalized spacial score (nSPS) is 27.0. The fourth-order valence-electron chi connectivity index (χ4n) is 7.43. The van der Waals surface area contributed by atoms with Gasteiger partial charge in [0.15, 0.2) is 0 Å². The van der Waals surface area contributed by atoms with Crippen molar-refractivity contribution in [2.45, 2.75) is 44.1 Å². The third-order valence-electron chi connectivity index (χ3n) is 8.68. The standard InChI is InChI=1S/C30H29N5O4/c36-24-11-19(4-7-22(24)34-28(38)29-12-17-9-18(13-29)15-30(39,14-17)16-29)26-32-21-6-5-20(10-23(21)33-26)27(37)35-25-3-1-2-8-31-25/h1-8,10-11,17-18,36,39H,9,12-16H2,(H,32,33)(H,34,38)(H,31,35,37)/t17-,18+,29?,30-. The molecule has 8 rings (SSSR count). The highest BCUT2D eigenvalue weighted by Gasteiger charge is 2.60. The summed E-state index contributed by atoms with van der Waals surface area (Å²) in [6.07, 6.45) is 6.41. The molecular formula is C30H29N5O4. The molecular weight excluding hydrogens is 494 g/mol. The number of nitrogens with zero attached hydrogens (tertiary/aromatic N) is 2. The van der Waals surface area contributed by atoms with Gasteiger partial charge in [-0.1, -0.05) is 6.07 Å². The summed E-state index contributed by atoms with van der Waals surface area (Å²) in [6, 6.07) is 15.5. The van der Waals surface area contributed by atoms with E-state index in [9.17, 15) is 19.8 Å². The molecule has 2 amide bonds. The van der Waals surface area contributed by atoms with Crippen LogP contribution in [0.25, 0.3) is 22.4 Å². The number of aliphatic hydroxyl groups is 1. The molecule has 4 bridgehead atoms. The number of phenols is 1. The third kappa shape index (κ3) is 4.23. The second kappa shape index (κ2) is 8.64. The maximum atomic E-state index is 13.4. The second-order valence-electron chi connectivity index (χ2n) is 11.6. The van der Waals surface area contributed by atoms with Crippen LogP contribution < -0.4 is 10.6 Å². The second-order valence-corrected chi connectivity index (χ2v) is 11.6. The Hall–Kier alpha value is -4.24. The number of carbonyl (C=O) groups is 2. The largest absolute Gasteiger partial charge is 0.506 e. The van der Waals surface area contributed by atoms with E-state index in [1.807, 2.05) is 0 Å². The molecule has 4 aliphatic carbocycles. The zero-order valence-corrected chi connectivity index (χ0v) is 21.3. The lowest BCUT2D eigenvalue weighted by molar-refractivity contribution is -0.174. The first-order valence-corrected chi connectivity index (χ1v) is 13.4. The quantitative estimate of drug-likeness (QED) is 0.237. The van der Waals surface area contributed by atoms with Gasteiger partial charge in [-0.25, -0.2) is 9.97 Å². The molecule has 5 N–H and O–H groups in total. The van der Waals surface area contributed by atoms with Crippen LogP contribution in [-0.2, 0) is 4.79 Å². The van der Waals surface area contributed by atoms with E-state index in [1.54, 1.807) is 60.8 Å². The number of aromatic hydroxyl groups is 1. The molecule has 9 nitrogen and oxygen atoms in total. The number of phenolic OH excluding ortho intramolecular Hbond substituents is 1. The minimum Gasteiger partial charge on any atom is -0.506 e. The predicted molar refractivity (Wildman–Crippen MR) is 146 cm³/mol. The van der Waals surface area contributed by atoms with Crippen molar-refractivity contribution in [3.05, 3.63) is 66.4 Å². The van der Waals surface area contributed by atoms with Crippen LogP contribution in [0.2, 0.25) is 0 Å². The molecule has 39 heavy (non-hydrogen) atoms. The number of imidazole rings is 1. The Kier molecular flexibility index (Phi) is 5.28. The number of nitrogens with one attached hydrogen (secondary N) is 3. The van der Waals surface area contributed by atoms with E-state index < -0.39 is 11.0 Å². The number of rotatable bonds is 5. The van der Waals surface area contributed by atoms with Gasteiger partial charge in [0, 0.05) is 17.3 Å². The van der Waals surface area contributed by atoms with Crippen LogP contribution in [0.5, 0.6) is 5.75 Å². The Bertz CT molecular complexity index is 1600. The molecule has 198 valence electrons. The number of carbonyl (C=O) groups excluding carboxylic acids is 2. The molecule has 4 saturated carbocycles. The number of fused-ring (bicyclic) bond motifs is 1. The van der Waals surface area contributed by atoms with Crippen LogP contribution in [0.3, 0.4) is 0 Å². The van der Waals surface area contributed by atoms with E-state index in [0.717, 1.165) is 37.6 Å². The Balaban J connectivity index is 1.09. The fraction of sp³-hybridized carbons (Fsp3) is 0.333. The molecule has 2 heterocycles. The molecule has 2 aromatic carbocycles. The molecule has 0 saturated heterocycles. The first-order valence-electron chi connectivity index (χ1n) is 13.4. The number of hydrogen-bond donors (Lipinski definition) is 5. The first kappa shape index (κ1) is 23.8. The van der Waals surface area contributed by atoms with Gasteiger partial charge < -0.3 is 25.8 Å². The molecule has 4 fully saturated rings. The lowest BCUT2D eigenvalue weighted by Crippen LogP contribution is -2.59. The fourth-order valence-corrected chi connectivity index (χ4v) is 7.43. The maximum Gasteiger partial charge on any atom is 0.256 e. The van der Waals surface area contributed by atoms with Crippen LogP contribution in [0.1, 0.15) is 48.9 Å². The van der Waals surface area contributed by atoms with Gasteiger partial charge in [0.2, 0.25) is 5.91 Å². The minimum absolute atomic E-state index is 0.0554. The highest BCUT2D eigenvalue weighted by atomic mass is 16.3. The summed E-state index contributed by atoms with van der Waals surface area (Å²) in [4.78, 5) is 38.1. The zero-order chi connectivity index (χ0) is 26.8. The number of pyridine rings is 1. The highest BCUT2D eigenvalue weighted by molar-refractivity contribution is 6.05. The van der Waals surface area contributed by atoms with Crippen LogP contribution in [-0.4, -0.2) is 42.6 Å². The Morgan fingerprint density at radius 1 is 0.974 bits per heavy atom. The van der Waals surface area contributed by atoms with Crippen molar-refractivity contribution in [1.82, 2.24) is 15.0 Å². The molecule has 4 aromatic rings. The summed E-state index contributed by atoms with van der Waals surface area (Å²) in [5.74, 6) is 1.33. The van der Waals surface area contributed by atoms with E-state index >= 15 is 0 Å². The monoisotopic (exact) mass is 523 g/mol. The molecule has 2 aromatic heterocycles. The molecule has 1 unspecified atom stereocenters. The lowest BCUT2D eigenvalue weighted by atomic mass is 9.47. The van der Waals surface area contributed by atoms with Gasteiger partial charge in [-0.2, -0.15) is 0 Å². The van der Waals surface area contributed by atoms with Crippen molar-refractivity contribution in [3.8, 4) is 17.1 Å². The Labute approximate surface area is 224 Å². The molecule has 0 radical (unpaired) electrons. The van der Waals surface area contributed by atoms with Gasteiger partial charge in [0.05, 0.1) is 27.7 Å². The van der Waals surface area contributed by atoms with Gasteiger partial charge in [0.1, 0.15) is 17.4 Å². The topological polar surface area (TPSA) is 140 Å². The summed E-state index contributed by atoms with van der Waals surface area (Å²) >= 11 is 0. The van der Waals surface area contributed by atoms with Crippen molar-refractivity contribution in [2.75, 3.05) is 10.6 Å². The van der Waals surface area contributed by atoms with Crippen LogP contribution in [0, 0.1) is 17.3 Å². The third-order valence-corrected chi connectivity index (χ3v) is 8.68. The average Bonchev–Trinajstić information content (AvgIpc) is 3.32. The number of H-pyrrole nitrogens is 1. The number of aromatic amines is 1. The van der Waals surface area contributed by atoms with Crippen molar-refractivity contribution in [1.29, 1.82) is 0 Å². The van der Waals surface area contributed by atoms with Crippen LogP contribution >= 0.6 is 0 Å². The van der Waals surface area contributed by atoms with E-state index in [0.29, 0.717) is 52.2 Å². The predicted octanol–water partition coefficient (Wildman–Crippen LogP) is 4.85. The summed E-state index contributed by atoms with van der Waals surface area (Å²) in [7, 11) is 0. The number of hydrogen-bond acceptors (Lipinski definition) is 6. The Morgan fingerprint density at radius 2 is 1.79 bits per heavy atom. The summed E-state index contributed by atoms with van der Waals surface area (Å²) in [5, 5.41) is 27.5. The average molecular weight is 524 g/mol. The molecule has 4 aliphatic rings. The van der Waals surface area contributed by atoms with Gasteiger partial charge >= 0.3 is 0 Å². The SMILES string of the molecule is O=C(Nc1ccccn1)c1ccc2[nH]c(-c3ccc(NC(=O)C45C[C@H]6C[C@@H](C4)C[C@](O)(C6)C5)c(O)c3)nc2c1. The number of aromatic nitrogens is 3. The maximum absolute atomic E-state index is 13.4. The highest BCUT2D eigenvalue weighted by Crippen LogP contribution is 2.62. The van der Waals surface area contributed by atoms with E-state index in [-0.39, 0.29) is 17.6 Å². The van der Waals surface area contributed by atoms with Crippen LogP contribution in [0.15, 0.2) is 60.8 Å². The molecule has 0 spiro atoms. The zero-order valence-electron chi connectivity index (χ0n) is 21.3. The smallest absolute Gasteiger partial charge is 0.256 e. The van der Waals surface area contributed by atoms with E-state index in [2.05, 4.69) is 25.6 Å². The van der Waals surface area contributed by atoms with Gasteiger partial charge in [-0.05, 0) is 98.9 Å². The van der Waals surface area contributed by atoms with E-state index in [4.69, 9.17) is 0 Å².